The maximum atomic E-state index is 14.6. The van der Waals surface area contributed by atoms with Gasteiger partial charge in [0.1, 0.15) is 11.9 Å². The summed E-state index contributed by atoms with van der Waals surface area (Å²) >= 11 is 0. The molecule has 0 spiro atoms. The van der Waals surface area contributed by atoms with Crippen LogP contribution in [0.15, 0.2) is 54.1 Å². The number of Topliss-reactive ketones (excluding diaryl/α,β-unsaturated/α-hetero) is 1. The number of halogens is 1. The number of ketones is 1. The van der Waals surface area contributed by atoms with Crippen molar-refractivity contribution in [2.45, 2.75) is 6.10 Å². The molecule has 2 aromatic rings. The minimum atomic E-state index is -1.26. The Labute approximate surface area is 120 Å². The average molecular weight is 279 g/mol. The monoisotopic (exact) mass is 279 g/mol. The molecule has 1 N–H and O–H groups in total. The number of carbonyl (C=O) groups excluding carboxylic acids is 1. The third kappa shape index (κ3) is 2.04. The van der Waals surface area contributed by atoms with E-state index in [2.05, 4.69) is 0 Å². The van der Waals surface area contributed by atoms with Gasteiger partial charge >= 0.3 is 0 Å². The van der Waals surface area contributed by atoms with Gasteiger partial charge in [-0.2, -0.15) is 5.26 Å². The Bertz CT molecular complexity index is 800. The molecule has 0 saturated heterocycles. The van der Waals surface area contributed by atoms with Crippen molar-refractivity contribution in [3.05, 3.63) is 76.4 Å². The predicted octanol–water partition coefficient (Wildman–Crippen LogP) is 3.17. The fourth-order valence-electron chi connectivity index (χ4n) is 2.43. The van der Waals surface area contributed by atoms with Gasteiger partial charge in [-0.15, -0.1) is 0 Å². The summed E-state index contributed by atoms with van der Waals surface area (Å²) in [6.07, 6.45) is -1.26. The third-order valence-corrected chi connectivity index (χ3v) is 3.52. The summed E-state index contributed by atoms with van der Waals surface area (Å²) < 4.78 is 14.6. The molecular formula is C17H10FNO2. The van der Waals surface area contributed by atoms with Crippen LogP contribution in [0.2, 0.25) is 0 Å². The molecule has 0 heterocycles. The van der Waals surface area contributed by atoms with Crippen LogP contribution in [-0.4, -0.2) is 10.9 Å². The largest absolute Gasteiger partial charge is 0.383 e. The second-order valence-corrected chi connectivity index (χ2v) is 4.74. The minimum absolute atomic E-state index is 0.171. The quantitative estimate of drug-likeness (QED) is 0.815. The van der Waals surface area contributed by atoms with Crippen molar-refractivity contribution < 1.29 is 14.3 Å². The average Bonchev–Trinajstić information content (AvgIpc) is 2.79. The lowest BCUT2D eigenvalue weighted by Crippen LogP contribution is -2.02. The molecule has 1 aliphatic rings. The third-order valence-electron chi connectivity index (χ3n) is 3.52. The zero-order valence-corrected chi connectivity index (χ0v) is 10.9. The van der Waals surface area contributed by atoms with E-state index in [4.69, 9.17) is 5.26 Å². The first-order chi connectivity index (χ1) is 10.1. The van der Waals surface area contributed by atoms with E-state index in [9.17, 15) is 14.3 Å². The van der Waals surface area contributed by atoms with Crippen molar-refractivity contribution in [2.24, 2.45) is 0 Å². The zero-order chi connectivity index (χ0) is 15.0. The Kier molecular flexibility index (Phi) is 3.13. The molecule has 0 amide bonds. The second kappa shape index (κ2) is 4.97. The summed E-state index contributed by atoms with van der Waals surface area (Å²) in [6, 6.07) is 14.3. The lowest BCUT2D eigenvalue weighted by atomic mass is 10.0. The normalized spacial score (nSPS) is 19.1. The van der Waals surface area contributed by atoms with Crippen molar-refractivity contribution >= 4 is 11.6 Å². The molecule has 0 aliphatic heterocycles. The van der Waals surface area contributed by atoms with E-state index < -0.39 is 17.7 Å². The number of aliphatic hydroxyl groups is 1. The summed E-state index contributed by atoms with van der Waals surface area (Å²) in [6.45, 7) is 0. The summed E-state index contributed by atoms with van der Waals surface area (Å²) in [4.78, 5) is 12.2. The lowest BCUT2D eigenvalue weighted by Gasteiger charge is -2.07. The van der Waals surface area contributed by atoms with Crippen molar-refractivity contribution in [3.8, 4) is 6.07 Å². The van der Waals surface area contributed by atoms with Crippen LogP contribution in [0.1, 0.15) is 33.2 Å². The molecule has 102 valence electrons. The standard InChI is InChI=1S/C17H10FNO2/c18-15(11-7-5-10(9-19)6-8-11)14-16(20)12-3-1-2-4-13(12)17(14)21/h1-8,16,20H/b15-14+. The van der Waals surface area contributed by atoms with Crippen molar-refractivity contribution in [3.63, 3.8) is 0 Å². The molecule has 3 rings (SSSR count). The maximum absolute atomic E-state index is 14.6. The SMILES string of the molecule is N#Cc1ccc(/C(F)=C2\C(=O)c3ccccc3C2O)cc1. The Morgan fingerprint density at radius 3 is 2.43 bits per heavy atom. The van der Waals surface area contributed by atoms with Gasteiger partial charge in [-0.25, -0.2) is 4.39 Å². The molecule has 3 nitrogen and oxygen atoms in total. The zero-order valence-electron chi connectivity index (χ0n) is 10.9. The van der Waals surface area contributed by atoms with Crippen LogP contribution in [0.25, 0.3) is 5.83 Å². The highest BCUT2D eigenvalue weighted by molar-refractivity contribution is 6.17. The van der Waals surface area contributed by atoms with Crippen LogP contribution in [0.4, 0.5) is 4.39 Å². The predicted molar refractivity (Wildman–Crippen MR) is 74.9 cm³/mol. The molecule has 4 heteroatoms. The Hall–Kier alpha value is -2.77. The molecule has 1 unspecified atom stereocenters. The van der Waals surface area contributed by atoms with Gasteiger partial charge in [0.25, 0.3) is 0 Å². The smallest absolute Gasteiger partial charge is 0.195 e. The molecule has 0 saturated carbocycles. The number of fused-ring (bicyclic) bond motifs is 1. The van der Waals surface area contributed by atoms with Crippen LogP contribution in [0.5, 0.6) is 0 Å². The maximum Gasteiger partial charge on any atom is 0.195 e. The fraction of sp³-hybridized carbons (Fsp3) is 0.0588. The number of rotatable bonds is 1. The van der Waals surface area contributed by atoms with Gasteiger partial charge in [0.2, 0.25) is 0 Å². The van der Waals surface area contributed by atoms with Gasteiger partial charge in [0.05, 0.1) is 17.2 Å². The topological polar surface area (TPSA) is 61.1 Å². The summed E-state index contributed by atoms with van der Waals surface area (Å²) in [5.74, 6) is -1.26. The van der Waals surface area contributed by atoms with Gasteiger partial charge in [-0.3, -0.25) is 4.79 Å². The van der Waals surface area contributed by atoms with Crippen molar-refractivity contribution in [1.29, 1.82) is 5.26 Å². The number of hydrogen-bond acceptors (Lipinski definition) is 3. The first-order valence-electron chi connectivity index (χ1n) is 6.35. The Balaban J connectivity index is 2.11. The van der Waals surface area contributed by atoms with Gasteiger partial charge in [0.15, 0.2) is 5.78 Å². The molecule has 0 radical (unpaired) electrons. The number of aliphatic hydroxyl groups excluding tert-OH is 1. The van der Waals surface area contributed by atoms with Crippen molar-refractivity contribution in [2.75, 3.05) is 0 Å². The summed E-state index contributed by atoms with van der Waals surface area (Å²) in [5, 5.41) is 18.9. The highest BCUT2D eigenvalue weighted by Crippen LogP contribution is 2.40. The molecule has 2 aromatic carbocycles. The fourth-order valence-corrected chi connectivity index (χ4v) is 2.43. The first-order valence-corrected chi connectivity index (χ1v) is 6.35. The number of nitriles is 1. The van der Waals surface area contributed by atoms with Crippen LogP contribution >= 0.6 is 0 Å². The highest BCUT2D eigenvalue weighted by Gasteiger charge is 2.36. The minimum Gasteiger partial charge on any atom is -0.383 e. The van der Waals surface area contributed by atoms with E-state index in [1.54, 1.807) is 24.3 Å². The number of nitrogens with zero attached hydrogens (tertiary/aromatic N) is 1. The number of benzene rings is 2. The molecule has 0 aromatic heterocycles. The lowest BCUT2D eigenvalue weighted by molar-refractivity contribution is 0.101. The Morgan fingerprint density at radius 1 is 1.14 bits per heavy atom. The molecule has 1 atom stereocenters. The Morgan fingerprint density at radius 2 is 1.81 bits per heavy atom. The van der Waals surface area contributed by atoms with Gasteiger partial charge in [-0.05, 0) is 17.7 Å². The van der Waals surface area contributed by atoms with Gasteiger partial charge in [0, 0.05) is 11.1 Å². The molecular weight excluding hydrogens is 269 g/mol. The van der Waals surface area contributed by atoms with Crippen molar-refractivity contribution in [1.82, 2.24) is 0 Å². The van der Waals surface area contributed by atoms with E-state index in [1.807, 2.05) is 6.07 Å². The molecule has 1 aliphatic carbocycles. The highest BCUT2D eigenvalue weighted by atomic mass is 19.1. The number of hydrogen-bond donors (Lipinski definition) is 1. The van der Waals surface area contributed by atoms with Crippen LogP contribution in [0, 0.1) is 11.3 Å². The van der Waals surface area contributed by atoms with Crippen LogP contribution in [0.3, 0.4) is 0 Å². The number of carbonyl (C=O) groups is 1. The summed E-state index contributed by atoms with van der Waals surface area (Å²) in [5.41, 5.74) is 1.06. The molecule has 21 heavy (non-hydrogen) atoms. The van der Waals surface area contributed by atoms with Crippen LogP contribution in [-0.2, 0) is 0 Å². The molecule has 0 fully saturated rings. The second-order valence-electron chi connectivity index (χ2n) is 4.74. The van der Waals surface area contributed by atoms with E-state index in [0.717, 1.165) is 0 Å². The summed E-state index contributed by atoms with van der Waals surface area (Å²) in [7, 11) is 0. The van der Waals surface area contributed by atoms with Crippen LogP contribution < -0.4 is 0 Å². The van der Waals surface area contributed by atoms with E-state index in [0.29, 0.717) is 16.7 Å². The first kappa shape index (κ1) is 13.2. The van der Waals surface area contributed by atoms with Gasteiger partial charge < -0.3 is 5.11 Å². The van der Waals surface area contributed by atoms with E-state index in [1.165, 1.54) is 24.3 Å². The van der Waals surface area contributed by atoms with Gasteiger partial charge in [-0.1, -0.05) is 36.4 Å². The van der Waals surface area contributed by atoms with E-state index >= 15 is 0 Å². The molecule has 0 bridgehead atoms. The van der Waals surface area contributed by atoms with E-state index in [-0.39, 0.29) is 11.1 Å².